The summed E-state index contributed by atoms with van der Waals surface area (Å²) in [5, 5.41) is -0.132. The lowest BCUT2D eigenvalue weighted by atomic mass is 9.44. The van der Waals surface area contributed by atoms with Gasteiger partial charge in [0.05, 0.1) is 11.8 Å². The molecule has 4 bridgehead atoms. The largest absolute Gasteiger partial charge is 0.290 e. The lowest BCUT2D eigenvalue weighted by Gasteiger charge is -2.73. The first-order valence-corrected chi connectivity index (χ1v) is 6.96. The second-order valence-electron chi connectivity index (χ2n) is 4.87. The second-order valence-corrected chi connectivity index (χ2v) is 7.95. The van der Waals surface area contributed by atoms with Crippen LogP contribution in [0, 0.1) is 11.8 Å². The minimum absolute atomic E-state index is 0.0661. The van der Waals surface area contributed by atoms with Crippen LogP contribution in [0.4, 0.5) is 0 Å². The summed E-state index contributed by atoms with van der Waals surface area (Å²) in [6, 6.07) is 0. The lowest BCUT2D eigenvalue weighted by Crippen LogP contribution is -2.81. The molecule has 0 N–H and O–H groups in total. The molecule has 5 aliphatic carbocycles. The topological polar surface area (TPSA) is 68.3 Å². The summed E-state index contributed by atoms with van der Waals surface area (Å²) in [5.41, 5.74) is 0. The van der Waals surface area contributed by atoms with E-state index in [0.29, 0.717) is 6.42 Å². The third-order valence-electron chi connectivity index (χ3n) is 3.94. The number of hydrogen-bond acceptors (Lipinski definition) is 6. The van der Waals surface area contributed by atoms with Gasteiger partial charge in [0, 0.05) is 23.3 Å². The van der Waals surface area contributed by atoms with Gasteiger partial charge in [-0.2, -0.15) is 0 Å². The summed E-state index contributed by atoms with van der Waals surface area (Å²) >= 11 is 2.23. The maximum absolute atomic E-state index is 11.8. The Labute approximate surface area is 106 Å². The molecule has 90 valence electrons. The van der Waals surface area contributed by atoms with Crippen molar-refractivity contribution in [3.05, 3.63) is 0 Å². The Morgan fingerprint density at radius 1 is 1.00 bits per heavy atom. The molecule has 0 aromatic carbocycles. The van der Waals surface area contributed by atoms with Crippen LogP contribution in [0.2, 0.25) is 0 Å². The zero-order valence-corrected chi connectivity index (χ0v) is 10.9. The van der Waals surface area contributed by atoms with Gasteiger partial charge in [-0.1, -0.05) is 23.5 Å². The van der Waals surface area contributed by atoms with E-state index in [0.717, 1.165) is 23.5 Å². The molecule has 0 unspecified atom stereocenters. The predicted octanol–water partition coefficient (Wildman–Crippen LogP) is 0.825. The van der Waals surface area contributed by atoms with Crippen LogP contribution in [-0.4, -0.2) is 31.3 Å². The molecule has 17 heavy (non-hydrogen) atoms. The van der Waals surface area contributed by atoms with Crippen molar-refractivity contribution >= 4 is 45.3 Å². The van der Waals surface area contributed by atoms with E-state index in [4.69, 9.17) is 0 Å². The van der Waals surface area contributed by atoms with Crippen LogP contribution in [0.5, 0.6) is 0 Å². The maximum Gasteiger partial charge on any atom is 0.204 e. The quantitative estimate of drug-likeness (QED) is 0.692. The van der Waals surface area contributed by atoms with Gasteiger partial charge in [0.2, 0.25) is 11.6 Å². The number of ketones is 2. The van der Waals surface area contributed by atoms with Gasteiger partial charge >= 0.3 is 0 Å². The van der Waals surface area contributed by atoms with E-state index in [1.54, 1.807) is 0 Å². The van der Waals surface area contributed by atoms with Crippen molar-refractivity contribution in [1.82, 2.24) is 0 Å². The van der Waals surface area contributed by atoms with E-state index in [1.165, 1.54) is 13.8 Å². The highest BCUT2D eigenvalue weighted by Crippen LogP contribution is 2.83. The highest BCUT2D eigenvalue weighted by atomic mass is 32.2. The standard InChI is InChI=1S/C11H10O4S2/c1-4(12)16-10-3-11(17-5(2)13)8(10)6(14)7(15)9(10)11/h8-9H,3H2,1-2H3. The fraction of sp³-hybridized carbons (Fsp3) is 0.636. The molecule has 5 fully saturated rings. The second kappa shape index (κ2) is 3.03. The van der Waals surface area contributed by atoms with E-state index < -0.39 is 21.3 Å². The molecule has 0 amide bonds. The molecule has 0 aromatic heterocycles. The Kier molecular flexibility index (Phi) is 2.05. The van der Waals surface area contributed by atoms with Gasteiger partial charge in [0.1, 0.15) is 0 Å². The fourth-order valence-corrected chi connectivity index (χ4v) is 7.33. The van der Waals surface area contributed by atoms with Crippen LogP contribution < -0.4 is 0 Å². The van der Waals surface area contributed by atoms with Gasteiger partial charge < -0.3 is 0 Å². The van der Waals surface area contributed by atoms with Crippen LogP contribution >= 0.6 is 23.5 Å². The Bertz CT molecular complexity index is 444. The van der Waals surface area contributed by atoms with Crippen molar-refractivity contribution in [3.63, 3.8) is 0 Å². The molecule has 0 heterocycles. The lowest BCUT2D eigenvalue weighted by molar-refractivity contribution is -0.134. The molecule has 4 nitrogen and oxygen atoms in total. The molecule has 0 aliphatic heterocycles. The number of carbonyl (C=O) groups is 4. The van der Waals surface area contributed by atoms with Gasteiger partial charge in [-0.15, -0.1) is 0 Å². The highest BCUT2D eigenvalue weighted by Gasteiger charge is 2.93. The number of hydrogen-bond donors (Lipinski definition) is 0. The summed E-state index contributed by atoms with van der Waals surface area (Å²) in [6.45, 7) is 2.90. The first kappa shape index (κ1) is 11.5. The Morgan fingerprint density at radius 3 is 1.65 bits per heavy atom. The third-order valence-corrected chi connectivity index (χ3v) is 6.51. The number of carbonyl (C=O) groups excluding carboxylic acids is 4. The van der Waals surface area contributed by atoms with Crippen LogP contribution in [-0.2, 0) is 19.2 Å². The van der Waals surface area contributed by atoms with Crippen molar-refractivity contribution in [2.75, 3.05) is 0 Å². The van der Waals surface area contributed by atoms with Crippen molar-refractivity contribution in [2.45, 2.75) is 29.8 Å². The van der Waals surface area contributed by atoms with E-state index in [9.17, 15) is 19.2 Å². The Hall–Kier alpha value is -0.620. The molecule has 0 radical (unpaired) electrons. The summed E-state index contributed by atoms with van der Waals surface area (Å²) in [6.07, 6.45) is 0.626. The average molecular weight is 270 g/mol. The van der Waals surface area contributed by atoms with Gasteiger partial charge in [-0.05, 0) is 6.42 Å². The maximum atomic E-state index is 11.8. The Balaban J connectivity index is 1.94. The zero-order valence-electron chi connectivity index (χ0n) is 9.31. The fourth-order valence-electron chi connectivity index (χ4n) is 3.66. The molecule has 0 atom stereocenters. The molecule has 0 aromatic rings. The van der Waals surface area contributed by atoms with Gasteiger partial charge in [-0.3, -0.25) is 19.2 Å². The van der Waals surface area contributed by atoms with Gasteiger partial charge in [0.25, 0.3) is 0 Å². The van der Waals surface area contributed by atoms with Crippen molar-refractivity contribution < 1.29 is 19.2 Å². The minimum Gasteiger partial charge on any atom is -0.290 e. The highest BCUT2D eigenvalue weighted by molar-refractivity contribution is 8.17. The molecule has 5 saturated carbocycles. The molecule has 5 rings (SSSR count). The minimum atomic E-state index is -0.498. The van der Waals surface area contributed by atoms with Crippen LogP contribution in [0.25, 0.3) is 0 Å². The smallest absolute Gasteiger partial charge is 0.204 e. The van der Waals surface area contributed by atoms with Crippen molar-refractivity contribution in [2.24, 2.45) is 11.8 Å². The van der Waals surface area contributed by atoms with Gasteiger partial charge in [-0.25, -0.2) is 0 Å². The average Bonchev–Trinajstić information content (AvgIpc) is 2.41. The van der Waals surface area contributed by atoms with Crippen LogP contribution in [0.1, 0.15) is 20.3 Å². The molecule has 5 aliphatic rings. The first-order chi connectivity index (χ1) is 7.85. The van der Waals surface area contributed by atoms with Crippen molar-refractivity contribution in [1.29, 1.82) is 0 Å². The number of fused-ring (bicyclic) bond motifs is 1. The SMILES string of the molecule is CC(=O)SC12CC3(SC(C)=O)C1C(=O)C(=O)C23. The normalized spacial score (nSPS) is 45.3. The van der Waals surface area contributed by atoms with E-state index in [2.05, 4.69) is 0 Å². The Morgan fingerprint density at radius 2 is 1.35 bits per heavy atom. The summed E-state index contributed by atoms with van der Waals surface area (Å²) in [5.74, 6) is -1.56. The molecule has 6 heteroatoms. The predicted molar refractivity (Wildman–Crippen MR) is 63.6 cm³/mol. The van der Waals surface area contributed by atoms with E-state index >= 15 is 0 Å². The zero-order chi connectivity index (χ0) is 12.6. The molecule has 0 saturated heterocycles. The van der Waals surface area contributed by atoms with E-state index in [-0.39, 0.29) is 21.8 Å². The van der Waals surface area contributed by atoms with Crippen LogP contribution in [0.15, 0.2) is 0 Å². The molecular weight excluding hydrogens is 260 g/mol. The summed E-state index contributed by atoms with van der Waals surface area (Å²) in [7, 11) is 0. The third kappa shape index (κ3) is 1.04. The van der Waals surface area contributed by atoms with Crippen molar-refractivity contribution in [3.8, 4) is 0 Å². The number of Topliss-reactive ketones (excluding diaryl/α,β-unsaturated/α-hetero) is 2. The summed E-state index contributed by atoms with van der Waals surface area (Å²) < 4.78 is -0.995. The molecule has 0 spiro atoms. The summed E-state index contributed by atoms with van der Waals surface area (Å²) in [4.78, 5) is 45.9. The van der Waals surface area contributed by atoms with E-state index in [1.807, 2.05) is 0 Å². The van der Waals surface area contributed by atoms with Crippen LogP contribution in [0.3, 0.4) is 0 Å². The number of thioether (sulfide) groups is 2. The monoisotopic (exact) mass is 270 g/mol. The van der Waals surface area contributed by atoms with Gasteiger partial charge in [0.15, 0.2) is 10.2 Å². The first-order valence-electron chi connectivity index (χ1n) is 5.32. The number of rotatable bonds is 2. The molecular formula is C11H10O4S2.